The lowest BCUT2D eigenvalue weighted by Crippen LogP contribution is -2.65. The second kappa shape index (κ2) is 15.5. The number of amides is 2. The summed E-state index contributed by atoms with van der Waals surface area (Å²) in [7, 11) is 0.559. The summed E-state index contributed by atoms with van der Waals surface area (Å²) < 4.78 is 36.1. The summed E-state index contributed by atoms with van der Waals surface area (Å²) in [6, 6.07) is 8.16. The first-order chi connectivity index (χ1) is 25.7. The number of hydrogen-bond donors (Lipinski definition) is 2. The molecule has 3 saturated carbocycles. The first-order valence-electron chi connectivity index (χ1n) is 19.3. The molecular weight excluding hydrogens is 739 g/mol. The third-order valence-electron chi connectivity index (χ3n) is 10.9. The molecule has 4 fully saturated rings. The minimum absolute atomic E-state index is 0.0433. The molecule has 2 amide bonds. The monoisotopic (exact) mass is 796 g/mol. The highest BCUT2D eigenvalue weighted by Gasteiger charge is 2.68. The summed E-state index contributed by atoms with van der Waals surface area (Å²) in [5.74, 6) is -1.63. The van der Waals surface area contributed by atoms with E-state index in [1.54, 1.807) is 80.5 Å². The van der Waals surface area contributed by atoms with Gasteiger partial charge in [-0.3, -0.25) is 4.79 Å². The Bertz CT molecular complexity index is 1850. The highest BCUT2D eigenvalue weighted by atomic mass is 35.5. The fraction of sp³-hybridized carbons (Fsp3) is 0.619. The smallest absolute Gasteiger partial charge is 0.482 e. The van der Waals surface area contributed by atoms with Crippen molar-refractivity contribution < 1.29 is 47.4 Å². The molecule has 2 N–H and O–H groups in total. The van der Waals surface area contributed by atoms with Gasteiger partial charge in [-0.2, -0.15) is 0 Å². The van der Waals surface area contributed by atoms with E-state index < -0.39 is 65.4 Å². The molecule has 0 spiro atoms. The van der Waals surface area contributed by atoms with E-state index in [0.29, 0.717) is 11.5 Å². The average molecular weight is 797 g/mol. The van der Waals surface area contributed by atoms with Crippen molar-refractivity contribution in [1.82, 2.24) is 10.6 Å². The van der Waals surface area contributed by atoms with Crippen LogP contribution in [0.25, 0.3) is 0 Å². The van der Waals surface area contributed by atoms with Gasteiger partial charge in [-0.05, 0) is 130 Å². The number of ether oxygens (including phenoxy) is 4. The van der Waals surface area contributed by atoms with Gasteiger partial charge in [0.25, 0.3) is 0 Å². The van der Waals surface area contributed by atoms with Crippen LogP contribution in [0.4, 0.5) is 4.79 Å². The summed E-state index contributed by atoms with van der Waals surface area (Å²) in [6.45, 7) is 22.3. The number of methoxy groups -OCH3 is 1. The van der Waals surface area contributed by atoms with E-state index in [1.165, 1.54) is 25.3 Å². The van der Waals surface area contributed by atoms with Crippen LogP contribution in [0.5, 0.6) is 5.75 Å². The predicted molar refractivity (Wildman–Crippen MR) is 213 cm³/mol. The molecule has 12 nitrogen and oxygen atoms in total. The number of benzene rings is 2. The molecule has 2 bridgehead atoms. The Labute approximate surface area is 336 Å². The van der Waals surface area contributed by atoms with E-state index in [9.17, 15) is 19.2 Å². The summed E-state index contributed by atoms with van der Waals surface area (Å²) in [5, 5.41) is 5.83. The minimum atomic E-state index is -1.38. The molecule has 306 valence electrons. The van der Waals surface area contributed by atoms with Crippen LogP contribution in [-0.4, -0.2) is 72.6 Å². The molecule has 2 aromatic carbocycles. The second-order valence-corrected chi connectivity index (χ2v) is 19.4. The van der Waals surface area contributed by atoms with E-state index in [1.807, 2.05) is 0 Å². The van der Waals surface area contributed by atoms with E-state index in [-0.39, 0.29) is 51.3 Å². The molecular formula is C42H58BClN2O10. The van der Waals surface area contributed by atoms with Crippen LogP contribution in [0, 0.1) is 17.3 Å². The molecule has 0 radical (unpaired) electrons. The number of hydrogen-bond acceptors (Lipinski definition) is 10. The van der Waals surface area contributed by atoms with Gasteiger partial charge < -0.3 is 38.9 Å². The number of alkyl carbamates (subject to hydrolysis) is 1. The Morgan fingerprint density at radius 2 is 1.50 bits per heavy atom. The van der Waals surface area contributed by atoms with Crippen molar-refractivity contribution in [2.45, 2.75) is 143 Å². The van der Waals surface area contributed by atoms with Crippen molar-refractivity contribution in [2.75, 3.05) is 7.11 Å². The summed E-state index contributed by atoms with van der Waals surface area (Å²) in [6.07, 6.45) is 0.891. The van der Waals surface area contributed by atoms with Gasteiger partial charge >= 0.3 is 25.2 Å². The summed E-state index contributed by atoms with van der Waals surface area (Å²) in [5.41, 5.74) is -1.71. The molecule has 14 heteroatoms. The molecule has 6 rings (SSSR count). The topological polar surface area (TPSA) is 148 Å². The Morgan fingerprint density at radius 3 is 2.07 bits per heavy atom. The third-order valence-corrected chi connectivity index (χ3v) is 11.2. The van der Waals surface area contributed by atoms with Crippen molar-refractivity contribution in [1.29, 1.82) is 0 Å². The van der Waals surface area contributed by atoms with Crippen molar-refractivity contribution in [3.8, 4) is 5.75 Å². The lowest BCUT2D eigenvalue weighted by Gasteiger charge is -2.64. The summed E-state index contributed by atoms with van der Waals surface area (Å²) >= 11 is 6.78. The number of rotatable bonds is 10. The molecule has 1 aliphatic heterocycles. The molecule has 6 atom stereocenters. The van der Waals surface area contributed by atoms with Crippen molar-refractivity contribution in [3.05, 3.63) is 63.7 Å². The lowest BCUT2D eigenvalue weighted by molar-refractivity contribution is -0.199. The second-order valence-electron chi connectivity index (χ2n) is 19.0. The Kier molecular flexibility index (Phi) is 12.0. The Hall–Kier alpha value is -3.81. The van der Waals surface area contributed by atoms with Gasteiger partial charge in [0.1, 0.15) is 34.2 Å². The Balaban J connectivity index is 1.53. The number of nitrogens with one attached hydrogen (secondary N) is 2. The number of carbonyl (C=O) groups is 4. The Morgan fingerprint density at radius 1 is 0.875 bits per heavy atom. The van der Waals surface area contributed by atoms with Crippen LogP contribution in [0.2, 0.25) is 5.02 Å². The van der Waals surface area contributed by atoms with E-state index >= 15 is 0 Å². The van der Waals surface area contributed by atoms with Crippen LogP contribution in [-0.2, 0) is 34.7 Å². The summed E-state index contributed by atoms with van der Waals surface area (Å²) in [4.78, 5) is 54.2. The minimum Gasteiger partial charge on any atom is -0.496 e. The molecule has 56 heavy (non-hydrogen) atoms. The quantitative estimate of drug-likeness (QED) is 0.139. The van der Waals surface area contributed by atoms with Crippen molar-refractivity contribution in [3.63, 3.8) is 0 Å². The SMILES string of the molecule is COc1c(CC(NC(=O)C(NC(=O)OC(C)(C)C)c2ccc(C(=O)OC(C)(C)C)cc2Cl)B2O[C@@H]3C[C@@H]4C[C@@H](C4(C)C)[C@]3(C)O2)cccc1C(=O)OC(C)(C)C. The van der Waals surface area contributed by atoms with Gasteiger partial charge in [-0.15, -0.1) is 0 Å². The first kappa shape index (κ1) is 43.3. The van der Waals surface area contributed by atoms with E-state index in [2.05, 4.69) is 31.4 Å². The number of halogens is 1. The van der Waals surface area contributed by atoms with Crippen LogP contribution >= 0.6 is 11.6 Å². The molecule has 2 aromatic rings. The predicted octanol–water partition coefficient (Wildman–Crippen LogP) is 7.82. The van der Waals surface area contributed by atoms with E-state index in [0.717, 1.165) is 12.8 Å². The van der Waals surface area contributed by atoms with Crippen LogP contribution in [0.3, 0.4) is 0 Å². The number of para-hydroxylation sites is 1. The maximum atomic E-state index is 14.7. The van der Waals surface area contributed by atoms with Gasteiger partial charge in [-0.25, -0.2) is 14.4 Å². The van der Waals surface area contributed by atoms with Crippen LogP contribution < -0.4 is 15.4 Å². The molecule has 4 aliphatic rings. The lowest BCUT2D eigenvalue weighted by atomic mass is 9.43. The number of esters is 2. The normalized spacial score (nSPS) is 23.8. The fourth-order valence-corrected chi connectivity index (χ4v) is 8.49. The van der Waals surface area contributed by atoms with Gasteiger partial charge in [0, 0.05) is 10.6 Å². The molecule has 3 aliphatic carbocycles. The van der Waals surface area contributed by atoms with Gasteiger partial charge in [0.2, 0.25) is 5.91 Å². The van der Waals surface area contributed by atoms with Crippen molar-refractivity contribution >= 4 is 42.7 Å². The van der Waals surface area contributed by atoms with Gasteiger partial charge in [-0.1, -0.05) is 43.6 Å². The standard InChI is InChI=1S/C42H58BClN2O10/c1-38(2,3)52-35(48)24-17-18-26(28(44)19-24)32(46-37(50)54-40(7,8)9)34(47)45-31(43-55-30-22-25-21-29(41(25,10)11)42(30,12)56-43)20-23-15-14-16-27(33(23)51-13)36(49)53-39(4,5)6/h14-19,25,29-32H,20-22H2,1-13H3,(H,45,47)(H,46,50)/t25-,29-,30+,31?,32?,42-/m0/s1. The molecule has 2 unspecified atom stereocenters. The fourth-order valence-electron chi connectivity index (χ4n) is 8.20. The number of carbonyl (C=O) groups excluding carboxylic acids is 4. The van der Waals surface area contributed by atoms with E-state index in [4.69, 9.17) is 39.9 Å². The third kappa shape index (κ3) is 9.48. The highest BCUT2D eigenvalue weighted by molar-refractivity contribution is 6.48. The maximum absolute atomic E-state index is 14.7. The molecule has 0 aromatic heterocycles. The highest BCUT2D eigenvalue weighted by Crippen LogP contribution is 2.65. The largest absolute Gasteiger partial charge is 0.496 e. The zero-order valence-corrected chi connectivity index (χ0v) is 35.8. The van der Waals surface area contributed by atoms with Gasteiger partial charge in [0.15, 0.2) is 0 Å². The maximum Gasteiger partial charge on any atom is 0.482 e. The van der Waals surface area contributed by atoms with Crippen LogP contribution in [0.15, 0.2) is 36.4 Å². The van der Waals surface area contributed by atoms with Gasteiger partial charge in [0.05, 0.1) is 30.3 Å². The average Bonchev–Trinajstić information content (AvgIpc) is 3.41. The molecule has 1 heterocycles. The zero-order chi connectivity index (χ0) is 41.8. The van der Waals surface area contributed by atoms with Crippen LogP contribution in [0.1, 0.15) is 134 Å². The first-order valence-corrected chi connectivity index (χ1v) is 19.7. The molecule has 1 saturated heterocycles. The zero-order valence-electron chi connectivity index (χ0n) is 35.0. The van der Waals surface area contributed by atoms with Crippen molar-refractivity contribution in [2.24, 2.45) is 17.3 Å².